The second kappa shape index (κ2) is 24.1. The maximum atomic E-state index is 12.2. The van der Waals surface area contributed by atoms with Crippen molar-refractivity contribution >= 4 is 17.8 Å². The maximum Gasteiger partial charge on any atom is 0.341 e. The molecule has 0 aliphatic rings. The molecular weight excluding hydrogens is 502 g/mol. The van der Waals surface area contributed by atoms with E-state index in [9.17, 15) is 14.4 Å². The number of hydrogen-bond donors (Lipinski definition) is 1. The van der Waals surface area contributed by atoms with Gasteiger partial charge in [0.2, 0.25) is 5.91 Å². The number of carbonyl (C=O) groups is 3. The highest BCUT2D eigenvalue weighted by molar-refractivity contribution is 5.93. The molecule has 6 nitrogen and oxygen atoms in total. The number of carbonyl (C=O) groups excluding carboxylic acids is 3. The summed E-state index contributed by atoms with van der Waals surface area (Å²) in [4.78, 5) is 35.3. The zero-order valence-electron chi connectivity index (χ0n) is 24.1. The van der Waals surface area contributed by atoms with Crippen LogP contribution in [0.2, 0.25) is 0 Å². The van der Waals surface area contributed by atoms with E-state index in [1.807, 2.05) is 6.08 Å². The average molecular weight is 548 g/mol. The first kappa shape index (κ1) is 34.1. The molecule has 0 aliphatic heterocycles. The van der Waals surface area contributed by atoms with Crippen LogP contribution in [0, 0.1) is 0 Å². The van der Waals surface area contributed by atoms with Crippen LogP contribution in [-0.4, -0.2) is 31.0 Å². The van der Waals surface area contributed by atoms with E-state index in [0.717, 1.165) is 38.5 Å². The van der Waals surface area contributed by atoms with Gasteiger partial charge in [-0.2, -0.15) is 0 Å². The van der Waals surface area contributed by atoms with Gasteiger partial charge in [0.25, 0.3) is 0 Å². The first-order chi connectivity index (χ1) is 19.5. The molecule has 0 heterocycles. The third kappa shape index (κ3) is 19.2. The van der Waals surface area contributed by atoms with Crippen LogP contribution in [0.3, 0.4) is 0 Å². The molecule has 0 saturated carbocycles. The molecule has 6 heteroatoms. The van der Waals surface area contributed by atoms with Crippen LogP contribution in [0.5, 0.6) is 5.75 Å². The Morgan fingerprint density at radius 3 is 1.82 bits per heavy atom. The number of esters is 2. The summed E-state index contributed by atoms with van der Waals surface area (Å²) >= 11 is 0. The first-order valence-corrected chi connectivity index (χ1v) is 14.2. The van der Waals surface area contributed by atoms with Gasteiger partial charge in [-0.05, 0) is 63.5 Å². The first-order valence-electron chi connectivity index (χ1n) is 14.2. The molecule has 0 atom stereocenters. The van der Waals surface area contributed by atoms with E-state index in [1.165, 1.54) is 19.1 Å². The molecule has 216 valence electrons. The highest BCUT2D eigenvalue weighted by atomic mass is 16.5. The van der Waals surface area contributed by atoms with Gasteiger partial charge in [-0.1, -0.05) is 92.0 Å². The molecule has 1 N–H and O–H groups in total. The van der Waals surface area contributed by atoms with Crippen LogP contribution >= 0.6 is 0 Å². The van der Waals surface area contributed by atoms with E-state index in [-0.39, 0.29) is 23.8 Å². The molecule has 1 aromatic rings. The number of allylic oxidation sites excluding steroid dienone is 12. The lowest BCUT2D eigenvalue weighted by molar-refractivity contribution is -0.131. The third-order valence-electron chi connectivity index (χ3n) is 5.37. The quantitative estimate of drug-likeness (QED) is 0.0781. The normalized spacial score (nSPS) is 12.1. The van der Waals surface area contributed by atoms with Gasteiger partial charge >= 0.3 is 11.9 Å². The molecule has 0 fully saturated rings. The van der Waals surface area contributed by atoms with Gasteiger partial charge in [0, 0.05) is 19.9 Å². The van der Waals surface area contributed by atoms with E-state index in [1.54, 1.807) is 12.1 Å². The van der Waals surface area contributed by atoms with Crippen molar-refractivity contribution in [2.24, 2.45) is 0 Å². The van der Waals surface area contributed by atoms with Crippen LogP contribution in [-0.2, 0) is 14.3 Å². The molecule has 0 aromatic heterocycles. The van der Waals surface area contributed by atoms with E-state index >= 15 is 0 Å². The summed E-state index contributed by atoms with van der Waals surface area (Å²) in [5, 5.41) is 2.83. The van der Waals surface area contributed by atoms with Crippen molar-refractivity contribution in [1.29, 1.82) is 0 Å². The lowest BCUT2D eigenvalue weighted by atomic mass is 10.2. The molecule has 1 aromatic carbocycles. The van der Waals surface area contributed by atoms with Crippen molar-refractivity contribution < 1.29 is 23.9 Å². The topological polar surface area (TPSA) is 81.7 Å². The standard InChI is InChI=1S/C34H45NO5/c1-3-4-5-6-7-8-9-10-11-12-13-14-15-16-17-18-19-20-21-27-33(37)35-28-24-29-39-34(38)31-25-22-23-26-32(31)40-30(2)36/h4-5,7-8,10-11,13-14,16-17,19-20,22-23,25-26H,3,6,9,12,15,18,21,24,27-29H2,1-2H3,(H,35,37)/b5-4-,8-7-,11-10-,14-13-,17-16-,20-19-. The van der Waals surface area contributed by atoms with Gasteiger partial charge in [0.05, 0.1) is 6.61 Å². The van der Waals surface area contributed by atoms with Crippen LogP contribution in [0.1, 0.15) is 82.0 Å². The molecule has 1 amide bonds. The lowest BCUT2D eigenvalue weighted by Gasteiger charge is -2.09. The van der Waals surface area contributed by atoms with Gasteiger partial charge < -0.3 is 14.8 Å². The largest absolute Gasteiger partial charge is 0.462 e. The minimum Gasteiger partial charge on any atom is -0.462 e. The lowest BCUT2D eigenvalue weighted by Crippen LogP contribution is -2.25. The maximum absolute atomic E-state index is 12.2. The summed E-state index contributed by atoms with van der Waals surface area (Å²) in [6.45, 7) is 3.99. The van der Waals surface area contributed by atoms with Crippen LogP contribution in [0.4, 0.5) is 0 Å². The molecule has 0 unspecified atom stereocenters. The van der Waals surface area contributed by atoms with E-state index in [4.69, 9.17) is 9.47 Å². The second-order valence-electron chi connectivity index (χ2n) is 8.88. The summed E-state index contributed by atoms with van der Waals surface area (Å²) in [7, 11) is 0. The van der Waals surface area contributed by atoms with Crippen molar-refractivity contribution in [3.05, 3.63) is 103 Å². The van der Waals surface area contributed by atoms with Gasteiger partial charge in [0.15, 0.2) is 0 Å². The summed E-state index contributed by atoms with van der Waals surface area (Å²) in [5.41, 5.74) is 0.193. The van der Waals surface area contributed by atoms with Gasteiger partial charge in [-0.15, -0.1) is 0 Å². The molecular formula is C34H45NO5. The summed E-state index contributed by atoms with van der Waals surface area (Å²) in [6, 6.07) is 6.42. The van der Waals surface area contributed by atoms with Gasteiger partial charge in [-0.25, -0.2) is 4.79 Å². The van der Waals surface area contributed by atoms with Crippen molar-refractivity contribution in [3.8, 4) is 5.75 Å². The van der Waals surface area contributed by atoms with Gasteiger partial charge in [0.1, 0.15) is 11.3 Å². The van der Waals surface area contributed by atoms with Crippen LogP contribution in [0.15, 0.2) is 97.2 Å². The number of rotatable bonds is 20. The molecule has 0 bridgehead atoms. The predicted octanol–water partition coefficient (Wildman–Crippen LogP) is 7.75. The number of benzene rings is 1. The zero-order chi connectivity index (χ0) is 29.1. The molecule has 0 saturated heterocycles. The van der Waals surface area contributed by atoms with E-state index in [2.05, 4.69) is 79.1 Å². The highest BCUT2D eigenvalue weighted by Gasteiger charge is 2.14. The number of ether oxygens (including phenoxy) is 2. The minimum atomic E-state index is -0.569. The summed E-state index contributed by atoms with van der Waals surface area (Å²) in [5.74, 6) is -0.943. The Morgan fingerprint density at radius 1 is 0.750 bits per heavy atom. The average Bonchev–Trinajstić information content (AvgIpc) is 2.94. The number of para-hydroxylation sites is 1. The Morgan fingerprint density at radius 2 is 1.27 bits per heavy atom. The van der Waals surface area contributed by atoms with E-state index < -0.39 is 11.9 Å². The number of amides is 1. The molecule has 0 radical (unpaired) electrons. The molecule has 0 spiro atoms. The monoisotopic (exact) mass is 547 g/mol. The molecule has 0 aliphatic carbocycles. The smallest absolute Gasteiger partial charge is 0.341 e. The van der Waals surface area contributed by atoms with Crippen LogP contribution < -0.4 is 10.1 Å². The third-order valence-corrected chi connectivity index (χ3v) is 5.37. The summed E-state index contributed by atoms with van der Waals surface area (Å²) in [6.07, 6.45) is 33.3. The second-order valence-corrected chi connectivity index (χ2v) is 8.88. The predicted molar refractivity (Wildman–Crippen MR) is 163 cm³/mol. The van der Waals surface area contributed by atoms with Crippen molar-refractivity contribution in [2.45, 2.75) is 71.6 Å². The fraction of sp³-hybridized carbons (Fsp3) is 0.382. The SMILES string of the molecule is CC/C=C\C/C=C\C/C=C\C/C=C\C/C=C\C/C=C\CCC(=O)NCCCOC(=O)c1ccccc1OC(C)=O. The molecule has 40 heavy (non-hydrogen) atoms. The fourth-order valence-electron chi connectivity index (χ4n) is 3.36. The van der Waals surface area contributed by atoms with Crippen molar-refractivity contribution in [3.63, 3.8) is 0 Å². The molecule has 1 rings (SSSR count). The highest BCUT2D eigenvalue weighted by Crippen LogP contribution is 2.19. The summed E-state index contributed by atoms with van der Waals surface area (Å²) < 4.78 is 10.3. The number of hydrogen-bond acceptors (Lipinski definition) is 5. The Kier molecular flexibility index (Phi) is 20.6. The Labute approximate surface area is 240 Å². The Bertz CT molecular complexity index is 1050. The Hall–Kier alpha value is -3.93. The zero-order valence-corrected chi connectivity index (χ0v) is 24.1. The Balaban J connectivity index is 2.04. The van der Waals surface area contributed by atoms with Gasteiger partial charge in [-0.3, -0.25) is 9.59 Å². The van der Waals surface area contributed by atoms with Crippen molar-refractivity contribution in [2.75, 3.05) is 13.2 Å². The van der Waals surface area contributed by atoms with E-state index in [0.29, 0.717) is 25.8 Å². The minimum absolute atomic E-state index is 0.0361. The van der Waals surface area contributed by atoms with Crippen molar-refractivity contribution in [1.82, 2.24) is 5.32 Å². The number of nitrogens with one attached hydrogen (secondary N) is 1. The van der Waals surface area contributed by atoms with Crippen LogP contribution in [0.25, 0.3) is 0 Å². The fourth-order valence-corrected chi connectivity index (χ4v) is 3.36.